The fraction of sp³-hybridized carbons (Fsp3) is 0.195. The van der Waals surface area contributed by atoms with Crippen LogP contribution in [0.5, 0.6) is 0 Å². The van der Waals surface area contributed by atoms with Gasteiger partial charge in [-0.1, -0.05) is 88.8 Å². The summed E-state index contributed by atoms with van der Waals surface area (Å²) in [6.07, 6.45) is 10.1. The second kappa shape index (κ2) is 19.4. The van der Waals surface area contributed by atoms with Gasteiger partial charge in [0.25, 0.3) is 5.01 Å². The number of thioether (sulfide) groups is 1. The summed E-state index contributed by atoms with van der Waals surface area (Å²) in [6.45, 7) is 0.656. The number of thiazole rings is 1. The molecule has 0 fully saturated rings. The van der Waals surface area contributed by atoms with Crippen LogP contribution in [0.1, 0.15) is 30.7 Å². The molecule has 0 atom stereocenters. The van der Waals surface area contributed by atoms with Gasteiger partial charge in [0.05, 0.1) is 36.6 Å². The molecule has 0 N–H and O–H groups in total. The Balaban J connectivity index is 0.00000549. The van der Waals surface area contributed by atoms with Crippen molar-refractivity contribution in [2.45, 2.75) is 37.1 Å². The van der Waals surface area contributed by atoms with Crippen molar-refractivity contribution in [1.29, 1.82) is 0 Å². The molecule has 1 aliphatic carbocycles. The van der Waals surface area contributed by atoms with E-state index in [0.29, 0.717) is 23.1 Å². The van der Waals surface area contributed by atoms with Crippen molar-refractivity contribution in [1.82, 2.24) is 0 Å². The molecule has 1 aromatic heterocycles. The maximum atomic E-state index is 11.5. The van der Waals surface area contributed by atoms with E-state index in [2.05, 4.69) is 41.3 Å². The second-order valence-corrected chi connectivity index (χ2v) is 19.3. The number of halogens is 2. The Labute approximate surface area is 394 Å². The summed E-state index contributed by atoms with van der Waals surface area (Å²) < 4.78 is 71.9. The molecule has 0 saturated heterocycles. The van der Waals surface area contributed by atoms with Gasteiger partial charge in [-0.05, 0) is 97.2 Å². The van der Waals surface area contributed by atoms with E-state index in [1.54, 1.807) is 23.1 Å². The van der Waals surface area contributed by atoms with Gasteiger partial charge in [0.2, 0.25) is 5.52 Å². The first-order chi connectivity index (χ1) is 26.8. The van der Waals surface area contributed by atoms with Crippen LogP contribution in [0.15, 0.2) is 142 Å². The number of benzene rings is 4. The third-order valence-corrected chi connectivity index (χ3v) is 13.6. The molecule has 0 unspecified atom stereocenters. The molecule has 2 aliphatic rings. The summed E-state index contributed by atoms with van der Waals surface area (Å²) in [5.41, 5.74) is 6.85. The van der Waals surface area contributed by atoms with Crippen LogP contribution < -0.4 is 65.8 Å². The number of hydrogen-bond acceptors (Lipinski definition) is 10. The van der Waals surface area contributed by atoms with E-state index in [0.717, 1.165) is 71.9 Å². The van der Waals surface area contributed by atoms with Crippen LogP contribution in [0.25, 0.3) is 16.3 Å². The smallest absolute Gasteiger partial charge is 0.748 e. The van der Waals surface area contributed by atoms with Gasteiger partial charge in [-0.25, -0.2) is 16.8 Å². The van der Waals surface area contributed by atoms with Crippen LogP contribution in [0, 0.1) is 0 Å². The van der Waals surface area contributed by atoms with Gasteiger partial charge in [0.15, 0.2) is 6.54 Å². The Morgan fingerprint density at radius 3 is 2.07 bits per heavy atom. The van der Waals surface area contributed by atoms with Crippen molar-refractivity contribution < 1.29 is 81.9 Å². The molecule has 5 aromatic rings. The minimum atomic E-state index is -4.37. The number of allylic oxidation sites excluding steroid dienone is 5. The van der Waals surface area contributed by atoms with E-state index in [-0.39, 0.29) is 64.2 Å². The molecule has 0 saturated carbocycles. The topological polar surface area (TPSA) is 125 Å². The summed E-state index contributed by atoms with van der Waals surface area (Å²) in [5.74, 6) is -0.927. The first-order valence-electron chi connectivity index (χ1n) is 17.8. The Hall–Kier alpha value is -2.28. The maximum absolute atomic E-state index is 11.5. The maximum Gasteiger partial charge on any atom is 1.00 e. The summed E-state index contributed by atoms with van der Waals surface area (Å²) in [7, 11) is -8.74. The number of hydrogen-bond donors (Lipinski definition) is 0. The van der Waals surface area contributed by atoms with Crippen molar-refractivity contribution in [2.24, 2.45) is 0 Å². The molecule has 7 rings (SSSR count). The van der Waals surface area contributed by atoms with Gasteiger partial charge < -0.3 is 18.9 Å². The van der Waals surface area contributed by atoms with E-state index < -0.39 is 31.7 Å². The van der Waals surface area contributed by atoms with Crippen LogP contribution in [0.3, 0.4) is 0 Å². The predicted molar refractivity (Wildman–Crippen MR) is 227 cm³/mol. The van der Waals surface area contributed by atoms with Crippen molar-refractivity contribution in [2.75, 3.05) is 27.9 Å². The monoisotopic (exact) mass is 903 g/mol. The fourth-order valence-corrected chi connectivity index (χ4v) is 10.3. The van der Waals surface area contributed by atoms with Crippen LogP contribution in [0.4, 0.5) is 17.1 Å². The zero-order valence-corrected chi connectivity index (χ0v) is 38.8. The number of anilines is 3. The zero-order valence-electron chi connectivity index (χ0n) is 30.9. The number of nitrogens with zero attached hydrogens (tertiary/aromatic N) is 3. The first-order valence-corrected chi connectivity index (χ1v) is 23.3. The minimum Gasteiger partial charge on any atom is -0.748 e. The Morgan fingerprint density at radius 2 is 1.40 bits per heavy atom. The second-order valence-electron chi connectivity index (χ2n) is 13.2. The number of para-hydroxylation sites is 2. The molecule has 2 heterocycles. The molecule has 9 nitrogen and oxygen atoms in total. The van der Waals surface area contributed by atoms with E-state index in [1.807, 2.05) is 94.4 Å². The van der Waals surface area contributed by atoms with Crippen LogP contribution >= 0.6 is 46.3 Å². The first kappa shape index (κ1) is 44.3. The van der Waals surface area contributed by atoms with Gasteiger partial charge in [0.1, 0.15) is 4.70 Å². The van der Waals surface area contributed by atoms with Crippen LogP contribution in [-0.2, 0) is 26.8 Å². The molecule has 290 valence electrons. The van der Waals surface area contributed by atoms with Gasteiger partial charge in [-0.3, -0.25) is 0 Å². The van der Waals surface area contributed by atoms with E-state index >= 15 is 0 Å². The van der Waals surface area contributed by atoms with Crippen molar-refractivity contribution >= 4 is 99.9 Å². The molecule has 1 aliphatic heterocycles. The molecule has 57 heavy (non-hydrogen) atoms. The SMILES string of the molecule is O=S(=O)([O-])CCCN1C(=CC=C2CCC(C=Cc3sc4ccc(Cl)cc4[n+]3CCCS(=O)(=O)[O-])=C2N(c2ccccc2)c2ccccc2)Sc2ccc(Cl)cc21.[K+]. The van der Waals surface area contributed by atoms with Crippen molar-refractivity contribution in [3.05, 3.63) is 152 Å². The van der Waals surface area contributed by atoms with Crippen molar-refractivity contribution in [3.8, 4) is 0 Å². The van der Waals surface area contributed by atoms with Crippen LogP contribution in [0.2, 0.25) is 10.0 Å². The molecule has 16 heteroatoms. The largest absolute Gasteiger partial charge is 1.00 e. The minimum absolute atomic E-state index is 0. The third kappa shape index (κ3) is 11.3. The molecule has 0 amide bonds. The zero-order chi connectivity index (χ0) is 39.5. The molecular weight excluding hydrogens is 869 g/mol. The Bertz CT molecular complexity index is 2580. The summed E-state index contributed by atoms with van der Waals surface area (Å²) in [4.78, 5) is 5.25. The van der Waals surface area contributed by atoms with Gasteiger partial charge in [0, 0.05) is 62.9 Å². The van der Waals surface area contributed by atoms with E-state index in [4.69, 9.17) is 23.2 Å². The number of aromatic nitrogens is 1. The standard InChI is InChI=1S/C41H37Cl2N3O6S4.K/c42-31-17-19-37-35(27-31)44(23-7-25-55(47,48)49)39(53-37)21-15-29-13-14-30(41(29)46(33-9-3-1-4-10-33)34-11-5-2-6-12-34)16-22-40-45(24-8-26-56(50,51)52)36-28-32(43)18-20-38(36)54-40;/h1-6,9-12,15-22,27-28H,7-8,13-14,23-26H2,(H-,47,48,49,50,51,52);/q;+1/p-1. The normalized spacial score (nSPS) is 16.0. The van der Waals surface area contributed by atoms with Gasteiger partial charge in [-0.2, -0.15) is 4.57 Å². The average Bonchev–Trinajstić information content (AvgIpc) is 3.82. The van der Waals surface area contributed by atoms with E-state index in [1.165, 1.54) is 0 Å². The molecular formula is C41H36Cl2KN3O6S4. The van der Waals surface area contributed by atoms with E-state index in [9.17, 15) is 25.9 Å². The number of rotatable bonds is 14. The average molecular weight is 905 g/mol. The molecule has 4 aromatic carbocycles. The van der Waals surface area contributed by atoms with Crippen molar-refractivity contribution in [3.63, 3.8) is 0 Å². The Morgan fingerprint density at radius 1 is 0.772 bits per heavy atom. The molecule has 0 radical (unpaired) electrons. The van der Waals surface area contributed by atoms with Crippen LogP contribution in [-0.4, -0.2) is 44.0 Å². The molecule has 0 bridgehead atoms. The number of aryl methyl sites for hydroxylation is 1. The van der Waals surface area contributed by atoms with Gasteiger partial charge >= 0.3 is 51.4 Å². The molecule has 0 spiro atoms. The Kier molecular flexibility index (Phi) is 15.1. The quantitative estimate of drug-likeness (QED) is 0.0685. The summed E-state index contributed by atoms with van der Waals surface area (Å²) >= 11 is 15.9. The predicted octanol–water partition coefficient (Wildman–Crippen LogP) is 6.65. The summed E-state index contributed by atoms with van der Waals surface area (Å²) in [5, 5.41) is 2.89. The summed E-state index contributed by atoms with van der Waals surface area (Å²) in [6, 6.07) is 31.5. The fourth-order valence-electron chi connectivity index (χ4n) is 6.89. The van der Waals surface area contributed by atoms with Gasteiger partial charge in [-0.15, -0.1) is 0 Å². The third-order valence-electron chi connectivity index (χ3n) is 9.32. The number of fused-ring (bicyclic) bond motifs is 2.